The van der Waals surface area contributed by atoms with Gasteiger partial charge in [-0.05, 0) is 37.6 Å². The van der Waals surface area contributed by atoms with Crippen molar-refractivity contribution in [3.63, 3.8) is 0 Å². The number of aliphatic carboxylic acids is 1. The highest BCUT2D eigenvalue weighted by atomic mass is 32.2. The third-order valence-electron chi connectivity index (χ3n) is 3.71. The van der Waals surface area contributed by atoms with Crippen molar-refractivity contribution >= 4 is 22.7 Å². The topological polar surface area (TPSA) is 74.7 Å². The summed E-state index contributed by atoms with van der Waals surface area (Å²) in [6.45, 7) is 2.33. The second-order valence-corrected chi connectivity index (χ2v) is 6.70. The Morgan fingerprint density at radius 2 is 1.90 bits per heavy atom. The number of carbonyl (C=O) groups is 2. The molecule has 1 aromatic carbocycles. The summed E-state index contributed by atoms with van der Waals surface area (Å²) in [5.74, 6) is -1.05. The minimum atomic E-state index is -1.07. The number of rotatable bonds is 3. The van der Waals surface area contributed by atoms with Crippen molar-refractivity contribution in [2.45, 2.75) is 18.2 Å². The molecule has 0 saturated carbocycles. The molecule has 0 spiro atoms. The van der Waals surface area contributed by atoms with E-state index in [0.717, 1.165) is 0 Å². The molecule has 1 aliphatic rings. The molecule has 0 bridgehead atoms. The molecule has 2 rings (SSSR count). The fourth-order valence-corrected chi connectivity index (χ4v) is 2.80. The summed E-state index contributed by atoms with van der Waals surface area (Å²) in [5.41, 5.74) is -0.366. The van der Waals surface area contributed by atoms with Gasteiger partial charge >= 0.3 is 5.97 Å². The number of likely N-dealkylation sites (tertiary alicyclic amines) is 1. The summed E-state index contributed by atoms with van der Waals surface area (Å²) in [7, 11) is -1.07. The van der Waals surface area contributed by atoms with E-state index < -0.39 is 22.2 Å². The highest BCUT2D eigenvalue weighted by Crippen LogP contribution is 2.31. The van der Waals surface area contributed by atoms with E-state index in [1.165, 1.54) is 0 Å². The second kappa shape index (κ2) is 5.36. The van der Waals surface area contributed by atoms with Gasteiger partial charge in [0.2, 0.25) is 0 Å². The number of hydrogen-bond donors (Lipinski definition) is 1. The standard InChI is InChI=1S/C14H17NO4S/c1-14(13(17)18)7-8-15(9-14)12(16)10-3-5-11(6-4-10)20(2)19/h3-6H,7-9H2,1-2H3,(H,17,18)/t14-,20+/m0/s1. The molecule has 5 nitrogen and oxygen atoms in total. The lowest BCUT2D eigenvalue weighted by Crippen LogP contribution is -2.34. The van der Waals surface area contributed by atoms with Crippen molar-refractivity contribution in [3.05, 3.63) is 29.8 Å². The number of amides is 1. The van der Waals surface area contributed by atoms with E-state index in [1.54, 1.807) is 42.3 Å². The molecule has 0 aliphatic carbocycles. The molecule has 0 aromatic heterocycles. The van der Waals surface area contributed by atoms with Crippen LogP contribution in [0.5, 0.6) is 0 Å². The van der Waals surface area contributed by atoms with E-state index in [4.69, 9.17) is 5.11 Å². The van der Waals surface area contributed by atoms with Gasteiger partial charge in [-0.2, -0.15) is 0 Å². The third-order valence-corrected chi connectivity index (χ3v) is 4.65. The number of benzene rings is 1. The second-order valence-electron chi connectivity index (χ2n) is 5.32. The molecule has 6 heteroatoms. The molecular weight excluding hydrogens is 278 g/mol. The van der Waals surface area contributed by atoms with Gasteiger partial charge in [0.1, 0.15) is 0 Å². The Labute approximate surface area is 120 Å². The van der Waals surface area contributed by atoms with E-state index in [0.29, 0.717) is 23.4 Å². The van der Waals surface area contributed by atoms with E-state index in [-0.39, 0.29) is 12.5 Å². The number of hydrogen-bond acceptors (Lipinski definition) is 3. The van der Waals surface area contributed by atoms with Crippen molar-refractivity contribution in [3.8, 4) is 0 Å². The Bertz CT molecular complexity index is 569. The number of carboxylic acid groups (broad SMARTS) is 1. The molecule has 2 atom stereocenters. The highest BCUT2D eigenvalue weighted by Gasteiger charge is 2.42. The van der Waals surface area contributed by atoms with Gasteiger partial charge in [0.25, 0.3) is 5.91 Å². The van der Waals surface area contributed by atoms with Crippen LogP contribution in [-0.4, -0.2) is 45.4 Å². The van der Waals surface area contributed by atoms with Gasteiger partial charge in [-0.15, -0.1) is 0 Å². The van der Waals surface area contributed by atoms with Gasteiger partial charge in [-0.3, -0.25) is 13.8 Å². The zero-order chi connectivity index (χ0) is 14.9. The normalized spacial score (nSPS) is 23.6. The monoisotopic (exact) mass is 295 g/mol. The predicted molar refractivity (Wildman–Crippen MR) is 75.0 cm³/mol. The Balaban J connectivity index is 2.13. The summed E-state index contributed by atoms with van der Waals surface area (Å²) in [6, 6.07) is 6.59. The number of carbonyl (C=O) groups excluding carboxylic acids is 1. The van der Waals surface area contributed by atoms with Gasteiger partial charge < -0.3 is 10.0 Å². The van der Waals surface area contributed by atoms with Gasteiger partial charge in [0.15, 0.2) is 0 Å². The van der Waals surface area contributed by atoms with Crippen molar-refractivity contribution in [2.24, 2.45) is 5.41 Å². The Morgan fingerprint density at radius 1 is 1.30 bits per heavy atom. The van der Waals surface area contributed by atoms with Gasteiger partial charge in [0, 0.05) is 40.6 Å². The van der Waals surface area contributed by atoms with Crippen LogP contribution in [0.2, 0.25) is 0 Å². The minimum absolute atomic E-state index is 0.177. The smallest absolute Gasteiger partial charge is 0.311 e. The van der Waals surface area contributed by atoms with Crippen LogP contribution in [0.25, 0.3) is 0 Å². The van der Waals surface area contributed by atoms with Crippen molar-refractivity contribution in [1.29, 1.82) is 0 Å². The average molecular weight is 295 g/mol. The molecule has 1 heterocycles. The first-order valence-electron chi connectivity index (χ1n) is 6.30. The zero-order valence-corrected chi connectivity index (χ0v) is 12.3. The fourth-order valence-electron chi connectivity index (χ4n) is 2.28. The summed E-state index contributed by atoms with van der Waals surface area (Å²) in [5, 5.41) is 9.17. The summed E-state index contributed by atoms with van der Waals surface area (Å²) >= 11 is 0. The van der Waals surface area contributed by atoms with Crippen LogP contribution in [0.4, 0.5) is 0 Å². The molecule has 1 aromatic rings. The molecule has 108 valence electrons. The minimum Gasteiger partial charge on any atom is -0.481 e. The maximum absolute atomic E-state index is 12.3. The SMILES string of the molecule is C[S@@](=O)c1ccc(C(=O)N2CC[C@](C)(C(=O)O)C2)cc1. The van der Waals surface area contributed by atoms with Gasteiger partial charge in [0.05, 0.1) is 5.41 Å². The lowest BCUT2D eigenvalue weighted by Gasteiger charge is -2.20. The van der Waals surface area contributed by atoms with Crippen LogP contribution in [0.15, 0.2) is 29.2 Å². The molecule has 1 fully saturated rings. The first-order chi connectivity index (χ1) is 9.33. The molecule has 0 radical (unpaired) electrons. The summed E-state index contributed by atoms with van der Waals surface area (Å²) in [4.78, 5) is 25.7. The Kier molecular flexibility index (Phi) is 3.94. The van der Waals surface area contributed by atoms with Crippen LogP contribution in [0, 0.1) is 5.41 Å². The summed E-state index contributed by atoms with van der Waals surface area (Å²) in [6.07, 6.45) is 2.04. The van der Waals surface area contributed by atoms with Gasteiger partial charge in [-0.25, -0.2) is 0 Å². The first kappa shape index (κ1) is 14.7. The van der Waals surface area contributed by atoms with E-state index >= 15 is 0 Å². The maximum atomic E-state index is 12.3. The van der Waals surface area contributed by atoms with Crippen molar-refractivity contribution < 1.29 is 18.9 Å². The lowest BCUT2D eigenvalue weighted by molar-refractivity contribution is -0.147. The number of carboxylic acids is 1. The molecule has 1 saturated heterocycles. The molecule has 20 heavy (non-hydrogen) atoms. The lowest BCUT2D eigenvalue weighted by atomic mass is 9.90. The zero-order valence-electron chi connectivity index (χ0n) is 11.5. The van der Waals surface area contributed by atoms with Crippen molar-refractivity contribution in [1.82, 2.24) is 4.90 Å². The largest absolute Gasteiger partial charge is 0.481 e. The van der Waals surface area contributed by atoms with E-state index in [2.05, 4.69) is 0 Å². The molecule has 1 amide bonds. The molecular formula is C14H17NO4S. The fraction of sp³-hybridized carbons (Fsp3) is 0.429. The Morgan fingerprint density at radius 3 is 2.35 bits per heavy atom. The van der Waals surface area contributed by atoms with Gasteiger partial charge in [-0.1, -0.05) is 0 Å². The Hall–Kier alpha value is -1.69. The highest BCUT2D eigenvalue weighted by molar-refractivity contribution is 7.84. The molecule has 1 N–H and O–H groups in total. The summed E-state index contributed by atoms with van der Waals surface area (Å²) < 4.78 is 11.3. The van der Waals surface area contributed by atoms with Crippen LogP contribution < -0.4 is 0 Å². The van der Waals surface area contributed by atoms with Crippen LogP contribution in [-0.2, 0) is 15.6 Å². The maximum Gasteiger partial charge on any atom is 0.311 e. The molecule has 0 unspecified atom stereocenters. The van der Waals surface area contributed by atoms with Crippen LogP contribution >= 0.6 is 0 Å². The predicted octanol–water partition coefficient (Wildman–Crippen LogP) is 1.36. The number of nitrogens with zero attached hydrogens (tertiary/aromatic N) is 1. The quantitative estimate of drug-likeness (QED) is 0.913. The average Bonchev–Trinajstić information content (AvgIpc) is 2.82. The van der Waals surface area contributed by atoms with E-state index in [1.807, 2.05) is 0 Å². The molecule has 1 aliphatic heterocycles. The third kappa shape index (κ3) is 2.75. The van der Waals surface area contributed by atoms with Crippen LogP contribution in [0.3, 0.4) is 0 Å². The first-order valence-corrected chi connectivity index (χ1v) is 7.85. The van der Waals surface area contributed by atoms with E-state index in [9.17, 15) is 13.8 Å². The van der Waals surface area contributed by atoms with Crippen LogP contribution in [0.1, 0.15) is 23.7 Å². The van der Waals surface area contributed by atoms with Crippen molar-refractivity contribution in [2.75, 3.05) is 19.3 Å².